The van der Waals surface area contributed by atoms with Gasteiger partial charge < -0.3 is 14.3 Å². The van der Waals surface area contributed by atoms with E-state index < -0.39 is 17.8 Å². The standard InChI is InChI=1S/C20H23F3N4O3/c1-11-17-14(20(21,22)23)9-15(24-18(17)30-25-11)13-5-3-7-26(10-13)19(29)12(2)27-8-4-6-16(27)28/h9,12-13H,3-8,10H2,1-2H3/t12-,13-/m1/s1. The Morgan fingerprint density at radius 3 is 2.73 bits per heavy atom. The van der Waals surface area contributed by atoms with Crippen LogP contribution in [0.2, 0.25) is 0 Å². The monoisotopic (exact) mass is 424 g/mol. The maximum atomic E-state index is 13.6. The second kappa shape index (κ2) is 7.55. The molecule has 30 heavy (non-hydrogen) atoms. The van der Waals surface area contributed by atoms with Gasteiger partial charge in [-0.25, -0.2) is 4.98 Å². The van der Waals surface area contributed by atoms with Crippen LogP contribution < -0.4 is 0 Å². The van der Waals surface area contributed by atoms with Crippen molar-refractivity contribution >= 4 is 22.9 Å². The van der Waals surface area contributed by atoms with E-state index in [0.717, 1.165) is 12.5 Å². The van der Waals surface area contributed by atoms with Gasteiger partial charge in [-0.3, -0.25) is 9.59 Å². The van der Waals surface area contributed by atoms with E-state index in [1.54, 1.807) is 16.7 Å². The first kappa shape index (κ1) is 20.6. The van der Waals surface area contributed by atoms with Gasteiger partial charge in [-0.15, -0.1) is 0 Å². The largest absolute Gasteiger partial charge is 0.417 e. The first-order valence-corrected chi connectivity index (χ1v) is 10.1. The van der Waals surface area contributed by atoms with Crippen LogP contribution in [0.3, 0.4) is 0 Å². The number of amides is 2. The molecule has 2 atom stereocenters. The molecule has 2 amide bonds. The van der Waals surface area contributed by atoms with Gasteiger partial charge in [0.25, 0.3) is 5.71 Å². The van der Waals surface area contributed by atoms with E-state index in [1.165, 1.54) is 6.92 Å². The lowest BCUT2D eigenvalue weighted by molar-refractivity contribution is -0.143. The number of hydrogen-bond donors (Lipinski definition) is 0. The highest BCUT2D eigenvalue weighted by Gasteiger charge is 2.38. The summed E-state index contributed by atoms with van der Waals surface area (Å²) in [7, 11) is 0. The zero-order valence-electron chi connectivity index (χ0n) is 16.8. The first-order valence-electron chi connectivity index (χ1n) is 10.1. The van der Waals surface area contributed by atoms with Crippen molar-refractivity contribution in [3.8, 4) is 0 Å². The third-order valence-corrected chi connectivity index (χ3v) is 6.03. The van der Waals surface area contributed by atoms with Gasteiger partial charge in [0.15, 0.2) is 0 Å². The normalized spacial score (nSPS) is 21.5. The van der Waals surface area contributed by atoms with Crippen LogP contribution in [0, 0.1) is 6.92 Å². The molecule has 2 aliphatic heterocycles. The predicted molar refractivity (Wildman–Crippen MR) is 101 cm³/mol. The van der Waals surface area contributed by atoms with Gasteiger partial charge in [0.05, 0.1) is 22.3 Å². The molecular weight excluding hydrogens is 401 g/mol. The molecule has 0 unspecified atom stereocenters. The number of halogens is 3. The molecule has 0 radical (unpaired) electrons. The van der Waals surface area contributed by atoms with Crippen LogP contribution in [-0.2, 0) is 15.8 Å². The zero-order chi connectivity index (χ0) is 21.6. The minimum atomic E-state index is -4.57. The lowest BCUT2D eigenvalue weighted by Crippen LogP contribution is -2.50. The highest BCUT2D eigenvalue weighted by Crippen LogP contribution is 2.38. The van der Waals surface area contributed by atoms with Crippen LogP contribution >= 0.6 is 0 Å². The summed E-state index contributed by atoms with van der Waals surface area (Å²) in [6.07, 6.45) is -2.13. The van der Waals surface area contributed by atoms with Crippen LogP contribution in [0.4, 0.5) is 13.2 Å². The Morgan fingerprint density at radius 2 is 2.07 bits per heavy atom. The number of carbonyl (C=O) groups is 2. The van der Waals surface area contributed by atoms with Gasteiger partial charge in [0.1, 0.15) is 6.04 Å². The number of aromatic nitrogens is 2. The lowest BCUT2D eigenvalue weighted by Gasteiger charge is -2.36. The van der Waals surface area contributed by atoms with E-state index in [2.05, 4.69) is 10.1 Å². The molecule has 0 aliphatic carbocycles. The average Bonchev–Trinajstić information content (AvgIpc) is 3.31. The molecule has 0 spiro atoms. The second-order valence-corrected chi connectivity index (χ2v) is 8.03. The molecule has 10 heteroatoms. The Morgan fingerprint density at radius 1 is 1.30 bits per heavy atom. The molecule has 2 aliphatic rings. The minimum absolute atomic E-state index is 0.0352. The summed E-state index contributed by atoms with van der Waals surface area (Å²) in [5.41, 5.74) is -0.577. The van der Waals surface area contributed by atoms with E-state index in [-0.39, 0.29) is 46.8 Å². The van der Waals surface area contributed by atoms with Crippen LogP contribution in [0.15, 0.2) is 10.6 Å². The maximum absolute atomic E-state index is 13.6. The van der Waals surface area contributed by atoms with Crippen molar-refractivity contribution in [2.75, 3.05) is 19.6 Å². The summed E-state index contributed by atoms with van der Waals surface area (Å²) in [4.78, 5) is 32.4. The lowest BCUT2D eigenvalue weighted by atomic mass is 9.92. The molecule has 0 bridgehead atoms. The fourth-order valence-electron chi connectivity index (χ4n) is 4.44. The molecule has 0 saturated carbocycles. The first-order chi connectivity index (χ1) is 14.2. The second-order valence-electron chi connectivity index (χ2n) is 8.03. The Kier molecular flexibility index (Phi) is 5.19. The maximum Gasteiger partial charge on any atom is 0.417 e. The highest BCUT2D eigenvalue weighted by molar-refractivity contribution is 5.88. The Balaban J connectivity index is 1.60. The number of alkyl halides is 3. The van der Waals surface area contributed by atoms with Crippen LogP contribution in [0.1, 0.15) is 55.5 Å². The molecule has 162 valence electrons. The van der Waals surface area contributed by atoms with E-state index >= 15 is 0 Å². The summed E-state index contributed by atoms with van der Waals surface area (Å²) in [6, 6.07) is 0.482. The van der Waals surface area contributed by atoms with Gasteiger partial charge in [-0.1, -0.05) is 5.16 Å². The minimum Gasteiger partial charge on any atom is -0.340 e. The number of piperidine rings is 1. The molecular formula is C20H23F3N4O3. The summed E-state index contributed by atoms with van der Waals surface area (Å²) < 4.78 is 46.0. The third kappa shape index (κ3) is 3.63. The average molecular weight is 424 g/mol. The predicted octanol–water partition coefficient (Wildman–Crippen LogP) is 3.27. The number of nitrogens with zero attached hydrogens (tertiary/aromatic N) is 4. The number of likely N-dealkylation sites (tertiary alicyclic amines) is 2. The van der Waals surface area contributed by atoms with Crippen molar-refractivity contribution in [1.82, 2.24) is 19.9 Å². The number of rotatable bonds is 3. The molecule has 0 aromatic carbocycles. The Labute approximate surface area is 171 Å². The van der Waals surface area contributed by atoms with Crippen LogP contribution in [0.5, 0.6) is 0 Å². The fraction of sp³-hybridized carbons (Fsp3) is 0.600. The van der Waals surface area contributed by atoms with Crippen molar-refractivity contribution in [3.63, 3.8) is 0 Å². The van der Waals surface area contributed by atoms with E-state index in [1.807, 2.05) is 0 Å². The molecule has 4 heterocycles. The van der Waals surface area contributed by atoms with Gasteiger partial charge in [0, 0.05) is 32.0 Å². The molecule has 7 nitrogen and oxygen atoms in total. The van der Waals surface area contributed by atoms with E-state index in [0.29, 0.717) is 32.4 Å². The summed E-state index contributed by atoms with van der Waals surface area (Å²) in [6.45, 7) is 4.48. The number of hydrogen-bond acceptors (Lipinski definition) is 5. The summed E-state index contributed by atoms with van der Waals surface area (Å²) >= 11 is 0. The highest BCUT2D eigenvalue weighted by atomic mass is 19.4. The fourth-order valence-corrected chi connectivity index (χ4v) is 4.44. The molecule has 2 aromatic rings. The van der Waals surface area contributed by atoms with Crippen molar-refractivity contribution < 1.29 is 27.3 Å². The molecule has 2 aromatic heterocycles. The van der Waals surface area contributed by atoms with Crippen LogP contribution in [0.25, 0.3) is 11.1 Å². The van der Waals surface area contributed by atoms with Crippen molar-refractivity contribution in [2.24, 2.45) is 0 Å². The van der Waals surface area contributed by atoms with Crippen LogP contribution in [-0.4, -0.2) is 57.4 Å². The number of carbonyl (C=O) groups excluding carboxylic acids is 2. The number of pyridine rings is 1. The number of fused-ring (bicyclic) bond motifs is 1. The summed E-state index contributed by atoms with van der Waals surface area (Å²) in [5.74, 6) is -0.560. The quantitative estimate of drug-likeness (QED) is 0.756. The van der Waals surface area contributed by atoms with Crippen molar-refractivity contribution in [2.45, 2.75) is 57.7 Å². The van der Waals surface area contributed by atoms with Gasteiger partial charge in [0.2, 0.25) is 11.8 Å². The van der Waals surface area contributed by atoms with Crippen molar-refractivity contribution in [3.05, 3.63) is 23.0 Å². The smallest absolute Gasteiger partial charge is 0.340 e. The zero-order valence-corrected chi connectivity index (χ0v) is 16.8. The topological polar surface area (TPSA) is 79.5 Å². The Hall–Kier alpha value is -2.65. The molecule has 2 saturated heterocycles. The van der Waals surface area contributed by atoms with E-state index in [9.17, 15) is 22.8 Å². The summed E-state index contributed by atoms with van der Waals surface area (Å²) in [5, 5.41) is 3.51. The number of aryl methyl sites for hydroxylation is 1. The molecule has 4 rings (SSSR count). The van der Waals surface area contributed by atoms with Gasteiger partial charge >= 0.3 is 6.18 Å². The van der Waals surface area contributed by atoms with E-state index in [4.69, 9.17) is 4.52 Å². The van der Waals surface area contributed by atoms with Gasteiger partial charge in [-0.05, 0) is 39.2 Å². The Bertz CT molecular complexity index is 988. The molecule has 2 fully saturated rings. The SMILES string of the molecule is Cc1noc2nc([C@@H]3CCCN(C(=O)[C@@H](C)N4CCCC4=O)C3)cc(C(F)(F)F)c12. The third-order valence-electron chi connectivity index (χ3n) is 6.03. The van der Waals surface area contributed by atoms with Gasteiger partial charge in [-0.2, -0.15) is 13.2 Å². The van der Waals surface area contributed by atoms with Crippen molar-refractivity contribution in [1.29, 1.82) is 0 Å². The molecule has 0 N–H and O–H groups in total.